The van der Waals surface area contributed by atoms with E-state index in [1.165, 1.54) is 0 Å². The molecule has 0 aliphatic rings. The Morgan fingerprint density at radius 2 is 1.67 bits per heavy atom. The largest absolute Gasteiger partial charge is 0.480 e. The summed E-state index contributed by atoms with van der Waals surface area (Å²) in [4.78, 5) is 11.5. The van der Waals surface area contributed by atoms with E-state index >= 15 is 0 Å². The van der Waals surface area contributed by atoms with Crippen molar-refractivity contribution in [3.8, 4) is 0 Å². The number of halogens is 5. The van der Waals surface area contributed by atoms with Crippen molar-refractivity contribution >= 4 is 17.7 Å². The van der Waals surface area contributed by atoms with Crippen LogP contribution in [0.5, 0.6) is 0 Å². The summed E-state index contributed by atoms with van der Waals surface area (Å²) in [6.45, 7) is 5.22. The first kappa shape index (κ1) is 20.5. The Hall–Kier alpha value is -0.530. The molecule has 0 fully saturated rings. The molecule has 0 spiro atoms. The molecular weight excluding hydrogens is 315 g/mol. The molecule has 0 amide bonds. The third-order valence-corrected chi connectivity index (χ3v) is 5.18. The summed E-state index contributed by atoms with van der Waals surface area (Å²) in [7, 11) is 0. The molecule has 126 valence electrons. The topological polar surface area (TPSA) is 37.3 Å². The lowest BCUT2D eigenvalue weighted by molar-refractivity contribution is -0.284. The van der Waals surface area contributed by atoms with Gasteiger partial charge in [0.1, 0.15) is 4.75 Å². The Morgan fingerprint density at radius 1 is 1.14 bits per heavy atom. The monoisotopic (exact) mass is 336 g/mol. The first-order valence-electron chi connectivity index (χ1n) is 6.72. The average Bonchev–Trinajstić information content (AvgIpc) is 2.30. The lowest BCUT2D eigenvalue weighted by atomic mass is 9.90. The first-order valence-corrected chi connectivity index (χ1v) is 7.71. The number of aliphatic carboxylic acids is 1. The molecule has 0 saturated carbocycles. The summed E-state index contributed by atoms with van der Waals surface area (Å²) >= 11 is 0.961. The van der Waals surface area contributed by atoms with E-state index in [4.69, 9.17) is 0 Å². The lowest BCUT2D eigenvalue weighted by Crippen LogP contribution is -2.41. The van der Waals surface area contributed by atoms with Crippen LogP contribution < -0.4 is 0 Å². The van der Waals surface area contributed by atoms with E-state index in [9.17, 15) is 31.9 Å². The van der Waals surface area contributed by atoms with Crippen LogP contribution in [0.25, 0.3) is 0 Å². The van der Waals surface area contributed by atoms with Gasteiger partial charge < -0.3 is 5.11 Å². The fraction of sp³-hybridized carbons (Fsp3) is 0.923. The van der Waals surface area contributed by atoms with Gasteiger partial charge in [0.2, 0.25) is 0 Å². The molecule has 0 aromatic rings. The molecule has 0 radical (unpaired) electrons. The first-order chi connectivity index (χ1) is 9.40. The highest BCUT2D eigenvalue weighted by molar-refractivity contribution is 8.01. The van der Waals surface area contributed by atoms with Crippen molar-refractivity contribution in [2.24, 2.45) is 5.92 Å². The van der Waals surface area contributed by atoms with Crippen molar-refractivity contribution in [3.05, 3.63) is 0 Å². The molecule has 1 atom stereocenters. The van der Waals surface area contributed by atoms with Crippen molar-refractivity contribution in [2.75, 3.05) is 5.75 Å². The predicted octanol–water partition coefficient (Wildman–Crippen LogP) is 4.98. The van der Waals surface area contributed by atoms with E-state index < -0.39 is 29.2 Å². The molecule has 1 N–H and O–H groups in total. The number of carboxylic acids is 1. The molecule has 0 aliphatic carbocycles. The van der Waals surface area contributed by atoms with Crippen LogP contribution in [0.15, 0.2) is 0 Å². The Morgan fingerprint density at radius 3 is 2.00 bits per heavy atom. The summed E-state index contributed by atoms with van der Waals surface area (Å²) in [5.41, 5.74) is 0. The van der Waals surface area contributed by atoms with Crippen molar-refractivity contribution in [1.82, 2.24) is 0 Å². The minimum absolute atomic E-state index is 0.0455. The molecule has 0 heterocycles. The second kappa shape index (κ2) is 7.65. The number of hydrogen-bond donors (Lipinski definition) is 1. The van der Waals surface area contributed by atoms with Gasteiger partial charge in [-0.1, -0.05) is 27.2 Å². The summed E-state index contributed by atoms with van der Waals surface area (Å²) in [6.07, 6.45) is -6.31. The zero-order valence-electron chi connectivity index (χ0n) is 12.3. The van der Waals surface area contributed by atoms with Gasteiger partial charge in [-0.3, -0.25) is 4.79 Å². The van der Waals surface area contributed by atoms with Gasteiger partial charge in [-0.25, -0.2) is 0 Å². The number of rotatable bonds is 9. The Labute approximate surface area is 125 Å². The van der Waals surface area contributed by atoms with E-state index in [1.807, 2.05) is 0 Å². The van der Waals surface area contributed by atoms with Crippen LogP contribution in [0.2, 0.25) is 0 Å². The Balaban J connectivity index is 4.63. The van der Waals surface area contributed by atoms with Gasteiger partial charge in [0.05, 0.1) is 0 Å². The zero-order valence-corrected chi connectivity index (χ0v) is 13.1. The minimum Gasteiger partial charge on any atom is -0.480 e. The molecule has 0 bridgehead atoms. The zero-order chi connectivity index (χ0) is 16.9. The molecule has 8 heteroatoms. The van der Waals surface area contributed by atoms with Crippen LogP contribution in [-0.4, -0.2) is 33.7 Å². The summed E-state index contributed by atoms with van der Waals surface area (Å²) in [5, 5.41) is 9.36. The maximum Gasteiger partial charge on any atom is 0.453 e. The van der Waals surface area contributed by atoms with Crippen LogP contribution >= 0.6 is 11.8 Å². The smallest absolute Gasteiger partial charge is 0.453 e. The number of thioether (sulfide) groups is 1. The maximum atomic E-state index is 12.8. The number of carbonyl (C=O) groups is 1. The summed E-state index contributed by atoms with van der Waals surface area (Å²) < 4.78 is 60.5. The highest BCUT2D eigenvalue weighted by Crippen LogP contribution is 2.42. The number of alkyl halides is 5. The van der Waals surface area contributed by atoms with Gasteiger partial charge in [-0.15, -0.1) is 11.8 Å². The molecular formula is C13H21F5O2S. The minimum atomic E-state index is -5.55. The van der Waals surface area contributed by atoms with Gasteiger partial charge in [0, 0.05) is 6.42 Å². The van der Waals surface area contributed by atoms with E-state index in [0.29, 0.717) is 12.8 Å². The van der Waals surface area contributed by atoms with Crippen molar-refractivity contribution in [3.63, 3.8) is 0 Å². The van der Waals surface area contributed by atoms with E-state index in [0.717, 1.165) is 11.8 Å². The van der Waals surface area contributed by atoms with Crippen LogP contribution in [-0.2, 0) is 4.79 Å². The van der Waals surface area contributed by atoms with Gasteiger partial charge in [-0.05, 0) is 24.5 Å². The fourth-order valence-corrected chi connectivity index (χ4v) is 3.46. The predicted molar refractivity (Wildman–Crippen MR) is 72.8 cm³/mol. The van der Waals surface area contributed by atoms with Crippen LogP contribution in [0.4, 0.5) is 22.0 Å². The van der Waals surface area contributed by atoms with Gasteiger partial charge in [-0.2, -0.15) is 22.0 Å². The van der Waals surface area contributed by atoms with Gasteiger partial charge in [0.15, 0.2) is 0 Å². The lowest BCUT2D eigenvalue weighted by Gasteiger charge is -2.32. The molecule has 0 aromatic carbocycles. The molecule has 0 rings (SSSR count). The van der Waals surface area contributed by atoms with Crippen LogP contribution in [0.1, 0.15) is 46.5 Å². The SMILES string of the molecule is CCCC(SCCCC(F)(F)C(F)(F)F)(C(=O)O)C(C)C. The number of carboxylic acid groups (broad SMARTS) is 1. The van der Waals surface area contributed by atoms with Crippen molar-refractivity contribution in [1.29, 1.82) is 0 Å². The normalized spacial score (nSPS) is 16.0. The van der Waals surface area contributed by atoms with Crippen molar-refractivity contribution < 1.29 is 31.9 Å². The highest BCUT2D eigenvalue weighted by atomic mass is 32.2. The van der Waals surface area contributed by atoms with Gasteiger partial charge >= 0.3 is 18.1 Å². The van der Waals surface area contributed by atoms with Crippen molar-refractivity contribution in [2.45, 2.75) is 63.3 Å². The van der Waals surface area contributed by atoms with Gasteiger partial charge in [0.25, 0.3) is 0 Å². The third-order valence-electron chi connectivity index (χ3n) is 3.33. The Kier molecular flexibility index (Phi) is 7.45. The second-order valence-electron chi connectivity index (χ2n) is 5.25. The number of hydrogen-bond acceptors (Lipinski definition) is 2. The molecule has 2 nitrogen and oxygen atoms in total. The highest BCUT2D eigenvalue weighted by Gasteiger charge is 2.56. The molecule has 21 heavy (non-hydrogen) atoms. The fourth-order valence-electron chi connectivity index (χ4n) is 2.00. The Bertz CT molecular complexity index is 344. The van der Waals surface area contributed by atoms with E-state index in [1.54, 1.807) is 20.8 Å². The molecule has 0 aliphatic heterocycles. The summed E-state index contributed by atoms with van der Waals surface area (Å²) in [5.74, 6) is -6.06. The standard InChI is InChI=1S/C13H21F5O2S/c1-4-6-11(9(2)3,10(19)20)21-8-5-7-12(14,15)13(16,17)18/h9H,4-8H2,1-3H3,(H,19,20). The summed E-state index contributed by atoms with van der Waals surface area (Å²) in [6, 6.07) is 0. The molecule has 0 saturated heterocycles. The molecule has 0 aromatic heterocycles. The maximum absolute atomic E-state index is 12.8. The van der Waals surface area contributed by atoms with E-state index in [-0.39, 0.29) is 18.1 Å². The molecule has 1 unspecified atom stereocenters. The van der Waals surface area contributed by atoms with E-state index in [2.05, 4.69) is 0 Å². The second-order valence-corrected chi connectivity index (χ2v) is 6.68. The van der Waals surface area contributed by atoms with Crippen LogP contribution in [0, 0.1) is 5.92 Å². The quantitative estimate of drug-likeness (QED) is 0.477. The van der Waals surface area contributed by atoms with Crippen LogP contribution in [0.3, 0.4) is 0 Å². The average molecular weight is 336 g/mol. The third kappa shape index (κ3) is 5.30.